The predicted octanol–water partition coefficient (Wildman–Crippen LogP) is 4.50. The van der Waals surface area contributed by atoms with Gasteiger partial charge in [0.15, 0.2) is 0 Å². The van der Waals surface area contributed by atoms with Gasteiger partial charge in [0, 0.05) is 6.08 Å². The highest BCUT2D eigenvalue weighted by Gasteiger charge is 2.30. The monoisotopic (exact) mass is 323 g/mol. The molecule has 0 aromatic heterocycles. The summed E-state index contributed by atoms with van der Waals surface area (Å²) in [5, 5.41) is 8.49. The van der Waals surface area contributed by atoms with Crippen LogP contribution < -0.4 is 4.74 Å². The Hall–Kier alpha value is -2.29. The van der Waals surface area contributed by atoms with Crippen LogP contribution in [0.5, 0.6) is 5.75 Å². The van der Waals surface area contributed by atoms with Gasteiger partial charge in [-0.2, -0.15) is 18.4 Å². The third-order valence-electron chi connectivity index (χ3n) is 3.95. The van der Waals surface area contributed by atoms with E-state index >= 15 is 0 Å². The van der Waals surface area contributed by atoms with Crippen molar-refractivity contribution in [2.75, 3.05) is 0 Å². The smallest absolute Gasteiger partial charge is 0.416 e. The summed E-state index contributed by atoms with van der Waals surface area (Å²) in [7, 11) is 0. The lowest BCUT2D eigenvalue weighted by atomic mass is 9.82. The average molecular weight is 323 g/mol. The van der Waals surface area contributed by atoms with Crippen LogP contribution in [0.1, 0.15) is 31.2 Å². The van der Waals surface area contributed by atoms with Gasteiger partial charge >= 0.3 is 12.1 Å². The van der Waals surface area contributed by atoms with Gasteiger partial charge in [0.25, 0.3) is 0 Å². The van der Waals surface area contributed by atoms with Gasteiger partial charge in [-0.1, -0.05) is 6.08 Å². The van der Waals surface area contributed by atoms with Crippen LogP contribution >= 0.6 is 0 Å². The third-order valence-corrected chi connectivity index (χ3v) is 3.95. The zero-order valence-corrected chi connectivity index (χ0v) is 12.3. The maximum atomic E-state index is 12.5. The molecule has 0 heterocycles. The molecule has 3 nitrogen and oxygen atoms in total. The minimum Gasteiger partial charge on any atom is -0.426 e. The van der Waals surface area contributed by atoms with Crippen LogP contribution in [0.4, 0.5) is 13.2 Å². The van der Waals surface area contributed by atoms with Crippen LogP contribution in [0.2, 0.25) is 0 Å². The molecule has 0 atom stereocenters. The molecular weight excluding hydrogens is 307 g/mol. The number of halogens is 3. The molecule has 6 heteroatoms. The van der Waals surface area contributed by atoms with Gasteiger partial charge in [0.1, 0.15) is 5.75 Å². The topological polar surface area (TPSA) is 50.1 Å². The van der Waals surface area contributed by atoms with Crippen molar-refractivity contribution in [2.45, 2.75) is 31.9 Å². The normalized spacial score (nSPS) is 21.8. The molecule has 1 fully saturated rings. The number of rotatable bonds is 3. The summed E-state index contributed by atoms with van der Waals surface area (Å²) in [6.45, 7) is 0. The van der Waals surface area contributed by atoms with E-state index in [2.05, 4.69) is 0 Å². The van der Waals surface area contributed by atoms with E-state index in [0.29, 0.717) is 18.8 Å². The van der Waals surface area contributed by atoms with E-state index in [1.54, 1.807) is 0 Å². The molecule has 0 saturated heterocycles. The number of carbonyl (C=O) groups excluding carboxylic acids is 1. The minimum absolute atomic E-state index is 0.120. The number of ether oxygens (including phenoxy) is 1. The fourth-order valence-corrected chi connectivity index (χ4v) is 2.64. The number of carbonyl (C=O) groups is 1. The Bertz CT molecular complexity index is 606. The maximum absolute atomic E-state index is 12.5. The number of nitriles is 1. The van der Waals surface area contributed by atoms with Gasteiger partial charge in [-0.05, 0) is 55.9 Å². The van der Waals surface area contributed by atoms with Crippen molar-refractivity contribution < 1.29 is 22.7 Å². The Morgan fingerprint density at radius 1 is 1.17 bits per heavy atom. The molecule has 0 radical (unpaired) electrons. The van der Waals surface area contributed by atoms with Crippen LogP contribution in [0.25, 0.3) is 0 Å². The molecule has 0 N–H and O–H groups in total. The molecule has 0 amide bonds. The Morgan fingerprint density at radius 2 is 1.78 bits per heavy atom. The zero-order valence-electron chi connectivity index (χ0n) is 12.3. The van der Waals surface area contributed by atoms with E-state index in [4.69, 9.17) is 10.00 Å². The van der Waals surface area contributed by atoms with Gasteiger partial charge in [0.05, 0.1) is 17.6 Å². The lowest BCUT2D eigenvalue weighted by Gasteiger charge is -2.25. The van der Waals surface area contributed by atoms with Crippen LogP contribution in [-0.4, -0.2) is 5.97 Å². The van der Waals surface area contributed by atoms with Crippen LogP contribution in [0, 0.1) is 23.2 Å². The second-order valence-electron chi connectivity index (χ2n) is 5.54. The highest BCUT2D eigenvalue weighted by Crippen LogP contribution is 2.32. The quantitative estimate of drug-likeness (QED) is 0.467. The van der Waals surface area contributed by atoms with Crippen molar-refractivity contribution in [3.8, 4) is 11.8 Å². The summed E-state index contributed by atoms with van der Waals surface area (Å²) >= 11 is 0. The van der Waals surface area contributed by atoms with Crippen molar-refractivity contribution >= 4 is 5.97 Å². The lowest BCUT2D eigenvalue weighted by molar-refractivity contribution is -0.140. The Kier molecular flexibility index (Phi) is 5.43. The first-order valence-corrected chi connectivity index (χ1v) is 7.35. The number of allylic oxidation sites excluding steroid dienone is 2. The highest BCUT2D eigenvalue weighted by atomic mass is 19.4. The van der Waals surface area contributed by atoms with Gasteiger partial charge in [-0.25, -0.2) is 0 Å². The number of alkyl halides is 3. The molecule has 1 saturated carbocycles. The number of nitrogens with zero attached hydrogens (tertiary/aromatic N) is 1. The molecule has 0 spiro atoms. The van der Waals surface area contributed by atoms with E-state index in [1.165, 1.54) is 6.08 Å². The van der Waals surface area contributed by atoms with Gasteiger partial charge in [0.2, 0.25) is 0 Å². The largest absolute Gasteiger partial charge is 0.426 e. The summed E-state index contributed by atoms with van der Waals surface area (Å²) in [6, 6.07) is 6.04. The molecule has 1 aliphatic carbocycles. The number of esters is 1. The average Bonchev–Trinajstić information content (AvgIpc) is 2.53. The molecule has 23 heavy (non-hydrogen) atoms. The fourth-order valence-electron chi connectivity index (χ4n) is 2.64. The fraction of sp³-hybridized carbons (Fsp3) is 0.412. The highest BCUT2D eigenvalue weighted by molar-refractivity contribution is 5.75. The molecular formula is C17H16F3NO2. The molecule has 122 valence electrons. The Balaban J connectivity index is 1.88. The summed E-state index contributed by atoms with van der Waals surface area (Å²) < 4.78 is 42.6. The van der Waals surface area contributed by atoms with Crippen LogP contribution in [0.3, 0.4) is 0 Å². The third kappa shape index (κ3) is 4.85. The minimum atomic E-state index is -4.40. The van der Waals surface area contributed by atoms with Crippen LogP contribution in [0.15, 0.2) is 36.4 Å². The number of hydrogen-bond acceptors (Lipinski definition) is 3. The molecule has 1 aromatic rings. The van der Waals surface area contributed by atoms with E-state index in [0.717, 1.165) is 37.1 Å². The van der Waals surface area contributed by atoms with E-state index in [9.17, 15) is 18.0 Å². The molecule has 1 aromatic carbocycles. The van der Waals surface area contributed by atoms with E-state index in [1.807, 2.05) is 12.1 Å². The SMILES string of the molecule is N#CC=C[C@H]1CC[C@H](C(=O)Oc2ccc(C(F)(F)F)cc2)CC1. The van der Waals surface area contributed by atoms with Gasteiger partial charge in [-0.3, -0.25) is 4.79 Å². The molecule has 0 unspecified atom stereocenters. The summed E-state index contributed by atoms with van der Waals surface area (Å²) in [5.41, 5.74) is -0.776. The number of benzene rings is 1. The summed E-state index contributed by atoms with van der Waals surface area (Å²) in [6.07, 6.45) is 1.79. The zero-order chi connectivity index (χ0) is 16.9. The first-order chi connectivity index (χ1) is 10.9. The molecule has 0 bridgehead atoms. The second kappa shape index (κ2) is 7.32. The maximum Gasteiger partial charge on any atom is 0.416 e. The predicted molar refractivity (Wildman–Crippen MR) is 77.3 cm³/mol. The van der Waals surface area contributed by atoms with Crippen molar-refractivity contribution in [3.63, 3.8) is 0 Å². The standard InChI is InChI=1S/C17H16F3NO2/c18-17(19,20)14-7-9-15(10-8-14)23-16(22)13-5-3-12(4-6-13)2-1-11-21/h1-2,7-10,12-13H,3-6H2/t12-,13-. The van der Waals surface area contributed by atoms with Crippen molar-refractivity contribution in [1.82, 2.24) is 0 Å². The lowest BCUT2D eigenvalue weighted by Crippen LogP contribution is -2.25. The van der Waals surface area contributed by atoms with Crippen LogP contribution in [-0.2, 0) is 11.0 Å². The summed E-state index contributed by atoms with van der Waals surface area (Å²) in [4.78, 5) is 12.1. The second-order valence-corrected chi connectivity index (χ2v) is 5.54. The van der Waals surface area contributed by atoms with Crippen molar-refractivity contribution in [1.29, 1.82) is 5.26 Å². The Morgan fingerprint density at radius 3 is 2.30 bits per heavy atom. The van der Waals surface area contributed by atoms with Gasteiger partial charge < -0.3 is 4.74 Å². The van der Waals surface area contributed by atoms with E-state index in [-0.39, 0.29) is 11.7 Å². The summed E-state index contributed by atoms with van der Waals surface area (Å²) in [5.74, 6) is -0.240. The van der Waals surface area contributed by atoms with Crippen molar-refractivity contribution in [2.24, 2.45) is 11.8 Å². The van der Waals surface area contributed by atoms with Gasteiger partial charge in [-0.15, -0.1) is 0 Å². The van der Waals surface area contributed by atoms with Crippen molar-refractivity contribution in [3.05, 3.63) is 42.0 Å². The number of hydrogen-bond donors (Lipinski definition) is 0. The molecule has 0 aliphatic heterocycles. The first-order valence-electron chi connectivity index (χ1n) is 7.35. The molecule has 1 aliphatic rings. The molecule has 2 rings (SSSR count). The first kappa shape index (κ1) is 17.1. The Labute approximate surface area is 132 Å². The van der Waals surface area contributed by atoms with E-state index < -0.39 is 17.7 Å².